The van der Waals surface area contributed by atoms with Gasteiger partial charge in [0.2, 0.25) is 5.78 Å². The molecule has 0 fully saturated rings. The average molecular weight is 192 g/mol. The highest BCUT2D eigenvalue weighted by molar-refractivity contribution is 9.12. The predicted molar refractivity (Wildman–Crippen MR) is 35.4 cm³/mol. The Kier molecular flexibility index (Phi) is 1.75. The smallest absolute Gasteiger partial charge is 0.252 e. The molecule has 0 N–H and O–H groups in total. The van der Waals surface area contributed by atoms with Crippen molar-refractivity contribution in [3.63, 3.8) is 0 Å². The molecule has 0 saturated carbocycles. The van der Waals surface area contributed by atoms with Crippen molar-refractivity contribution in [3.05, 3.63) is 10.6 Å². The zero-order valence-corrected chi connectivity index (χ0v) is 5.93. The molecule has 1 aliphatic heterocycles. The number of hydrogen-bond acceptors (Lipinski definition) is 2. The van der Waals surface area contributed by atoms with Crippen molar-refractivity contribution in [2.75, 3.05) is 0 Å². The second kappa shape index (κ2) is 2.39. The van der Waals surface area contributed by atoms with E-state index in [1.165, 1.54) is 6.21 Å². The van der Waals surface area contributed by atoms with Crippen LogP contribution in [0.3, 0.4) is 0 Å². The number of aliphatic imine (C=N–C) groups is 1. The van der Waals surface area contributed by atoms with Crippen molar-refractivity contribution >= 4 is 27.9 Å². The maximum absolute atomic E-state index is 12.1. The van der Waals surface area contributed by atoms with Crippen LogP contribution in [0.5, 0.6) is 0 Å². The van der Waals surface area contributed by atoms with Gasteiger partial charge < -0.3 is 0 Å². The molecule has 1 heterocycles. The van der Waals surface area contributed by atoms with Crippen LogP contribution in [0.4, 0.5) is 4.39 Å². The molecule has 1 atom stereocenters. The molecule has 1 rings (SSSR count). The van der Waals surface area contributed by atoms with Crippen molar-refractivity contribution in [1.29, 1.82) is 0 Å². The Morgan fingerprint density at radius 1 is 1.78 bits per heavy atom. The molecule has 48 valence electrons. The van der Waals surface area contributed by atoms with Crippen LogP contribution in [0.25, 0.3) is 0 Å². The second-order valence-electron chi connectivity index (χ2n) is 1.55. The zero-order valence-electron chi connectivity index (χ0n) is 4.34. The molecule has 0 aromatic heterocycles. The number of halogens is 2. The van der Waals surface area contributed by atoms with Crippen LogP contribution >= 0.6 is 15.9 Å². The third-order valence-electron chi connectivity index (χ3n) is 0.844. The van der Waals surface area contributed by atoms with Crippen LogP contribution in [0, 0.1) is 0 Å². The van der Waals surface area contributed by atoms with Gasteiger partial charge in [-0.3, -0.25) is 4.79 Å². The van der Waals surface area contributed by atoms with Gasteiger partial charge in [0.15, 0.2) is 0 Å². The van der Waals surface area contributed by atoms with E-state index < -0.39 is 12.1 Å². The Balaban J connectivity index is 2.82. The molecule has 4 heteroatoms. The van der Waals surface area contributed by atoms with Gasteiger partial charge >= 0.3 is 0 Å². The summed E-state index contributed by atoms with van der Waals surface area (Å²) in [6.45, 7) is 0. The van der Waals surface area contributed by atoms with E-state index >= 15 is 0 Å². The third kappa shape index (κ3) is 1.45. The van der Waals surface area contributed by atoms with Crippen LogP contribution in [0.15, 0.2) is 15.6 Å². The van der Waals surface area contributed by atoms with Gasteiger partial charge in [-0.25, -0.2) is 9.38 Å². The van der Waals surface area contributed by atoms with E-state index in [2.05, 4.69) is 20.9 Å². The van der Waals surface area contributed by atoms with Crippen molar-refractivity contribution in [2.24, 2.45) is 4.99 Å². The number of carbonyl (C=O) groups is 1. The quantitative estimate of drug-likeness (QED) is 0.530. The minimum absolute atomic E-state index is 0.515. The average Bonchev–Trinajstić information content (AvgIpc) is 1.80. The minimum Gasteiger partial charge on any atom is -0.289 e. The fraction of sp³-hybridized carbons (Fsp3) is 0.200. The van der Waals surface area contributed by atoms with Gasteiger partial charge in [-0.15, -0.1) is 0 Å². The summed E-state index contributed by atoms with van der Waals surface area (Å²) in [5.74, 6) is -0.607. The van der Waals surface area contributed by atoms with Crippen LogP contribution in [0.2, 0.25) is 0 Å². The number of allylic oxidation sites excluding steroid dienone is 1. The molecule has 1 aliphatic rings. The van der Waals surface area contributed by atoms with E-state index in [-0.39, 0.29) is 0 Å². The van der Waals surface area contributed by atoms with Gasteiger partial charge in [0.1, 0.15) is 0 Å². The Labute approximate surface area is 59.6 Å². The lowest BCUT2D eigenvalue weighted by molar-refractivity contribution is -0.118. The molecule has 1 unspecified atom stereocenters. The molecular weight excluding hydrogens is 189 g/mol. The van der Waals surface area contributed by atoms with Gasteiger partial charge in [0.05, 0.1) is 0 Å². The Hall–Kier alpha value is -0.510. The monoisotopic (exact) mass is 191 g/mol. The van der Waals surface area contributed by atoms with Crippen molar-refractivity contribution in [3.8, 4) is 0 Å². The number of nitrogens with zero attached hydrogens (tertiary/aromatic N) is 1. The van der Waals surface area contributed by atoms with Gasteiger partial charge in [0, 0.05) is 16.8 Å². The normalized spacial score (nSPS) is 26.2. The summed E-state index contributed by atoms with van der Waals surface area (Å²) in [6, 6.07) is 0. The predicted octanol–water partition coefficient (Wildman–Crippen LogP) is 1.21. The number of alkyl halides is 1. The number of carbonyl (C=O) groups excluding carboxylic acids is 1. The van der Waals surface area contributed by atoms with E-state index in [1.807, 2.05) is 0 Å². The van der Waals surface area contributed by atoms with Crippen LogP contribution in [-0.2, 0) is 4.79 Å². The van der Waals surface area contributed by atoms with Crippen molar-refractivity contribution < 1.29 is 9.18 Å². The molecule has 0 amide bonds. The van der Waals surface area contributed by atoms with Gasteiger partial charge in [-0.2, -0.15) is 0 Å². The second-order valence-corrected chi connectivity index (χ2v) is 2.46. The maximum Gasteiger partial charge on any atom is 0.252 e. The van der Waals surface area contributed by atoms with E-state index in [9.17, 15) is 9.18 Å². The Bertz CT molecular complexity index is 199. The van der Waals surface area contributed by atoms with E-state index in [1.54, 1.807) is 0 Å². The largest absolute Gasteiger partial charge is 0.289 e. The summed E-state index contributed by atoms with van der Waals surface area (Å²) < 4.78 is 12.7. The maximum atomic E-state index is 12.1. The summed E-state index contributed by atoms with van der Waals surface area (Å²) in [7, 11) is 0. The van der Waals surface area contributed by atoms with Crippen molar-refractivity contribution in [1.82, 2.24) is 0 Å². The van der Waals surface area contributed by atoms with Crippen molar-refractivity contribution in [2.45, 2.75) is 6.30 Å². The highest BCUT2D eigenvalue weighted by Gasteiger charge is 2.15. The molecule has 0 aromatic rings. The molecule has 0 aromatic carbocycles. The molecular formula is C5H3BrFNO. The fourth-order valence-corrected chi connectivity index (χ4v) is 0.796. The number of ketones is 1. The fourth-order valence-electron chi connectivity index (χ4n) is 0.452. The standard InChI is InChI=1S/C5H3BrFNO/c6-3-1-4(9)5(7)8-2-3/h1-2,5H. The van der Waals surface area contributed by atoms with E-state index in [0.717, 1.165) is 6.08 Å². The molecule has 0 saturated heterocycles. The van der Waals surface area contributed by atoms with Gasteiger partial charge in [-0.1, -0.05) is 0 Å². The first-order valence-electron chi connectivity index (χ1n) is 2.28. The lowest BCUT2D eigenvalue weighted by Crippen LogP contribution is -2.13. The summed E-state index contributed by atoms with van der Waals surface area (Å²) >= 11 is 2.98. The third-order valence-corrected chi connectivity index (χ3v) is 1.28. The summed E-state index contributed by atoms with van der Waals surface area (Å²) in [5, 5.41) is 0. The molecule has 2 nitrogen and oxygen atoms in total. The molecule has 0 aliphatic carbocycles. The molecule has 0 radical (unpaired) electrons. The first kappa shape index (κ1) is 6.61. The zero-order chi connectivity index (χ0) is 6.85. The highest BCUT2D eigenvalue weighted by Crippen LogP contribution is 2.10. The summed E-state index contributed by atoms with van der Waals surface area (Å²) in [5.41, 5.74) is 0. The van der Waals surface area contributed by atoms with Crippen LogP contribution < -0.4 is 0 Å². The van der Waals surface area contributed by atoms with E-state index in [4.69, 9.17) is 0 Å². The lowest BCUT2D eigenvalue weighted by Gasteiger charge is -2.01. The number of dihydropyridines is 1. The topological polar surface area (TPSA) is 29.4 Å². The van der Waals surface area contributed by atoms with Gasteiger partial charge in [-0.05, 0) is 15.9 Å². The SMILES string of the molecule is O=C1C=C(Br)C=NC1F. The van der Waals surface area contributed by atoms with Gasteiger partial charge in [0.25, 0.3) is 6.30 Å². The Morgan fingerprint density at radius 3 is 2.89 bits per heavy atom. The first-order valence-corrected chi connectivity index (χ1v) is 3.08. The minimum atomic E-state index is -1.69. The Morgan fingerprint density at radius 2 is 2.44 bits per heavy atom. The first-order chi connectivity index (χ1) is 4.20. The number of rotatable bonds is 0. The van der Waals surface area contributed by atoms with E-state index in [0.29, 0.717) is 4.48 Å². The number of hydrogen-bond donors (Lipinski definition) is 0. The summed E-state index contributed by atoms with van der Waals surface area (Å²) in [4.78, 5) is 13.6. The lowest BCUT2D eigenvalue weighted by atomic mass is 10.3. The molecule has 0 bridgehead atoms. The van der Waals surface area contributed by atoms with Crippen LogP contribution in [0.1, 0.15) is 0 Å². The molecule has 9 heavy (non-hydrogen) atoms. The summed E-state index contributed by atoms with van der Waals surface area (Å²) in [6.07, 6.45) is 0.746. The molecule has 0 spiro atoms. The van der Waals surface area contributed by atoms with Crippen LogP contribution in [-0.4, -0.2) is 18.3 Å². The highest BCUT2D eigenvalue weighted by atomic mass is 79.9.